The van der Waals surface area contributed by atoms with Gasteiger partial charge in [-0.2, -0.15) is 0 Å². The molecule has 0 bridgehead atoms. The Balaban J connectivity index is 4.56. The maximum Gasteiger partial charge on any atom is 0.326 e. The third-order valence-electron chi connectivity index (χ3n) is 3.00. The highest BCUT2D eigenvalue weighted by molar-refractivity contribution is 5.91. The van der Waals surface area contributed by atoms with E-state index in [0.717, 1.165) is 0 Å². The lowest BCUT2D eigenvalue weighted by molar-refractivity contribution is -0.143. The quantitative estimate of drug-likeness (QED) is 0.512. The first kappa shape index (κ1) is 18.4. The first-order chi connectivity index (χ1) is 9.07. The van der Waals surface area contributed by atoms with E-state index in [9.17, 15) is 14.4 Å². The number of carboxylic acids is 1. The van der Waals surface area contributed by atoms with Gasteiger partial charge in [0.15, 0.2) is 0 Å². The Kier molecular flexibility index (Phi) is 7.20. The zero-order valence-corrected chi connectivity index (χ0v) is 12.6. The maximum atomic E-state index is 11.9. The molecular formula is C13H25N3O4. The Morgan fingerprint density at radius 3 is 1.75 bits per heavy atom. The molecule has 116 valence electrons. The van der Waals surface area contributed by atoms with E-state index in [0.29, 0.717) is 0 Å². The van der Waals surface area contributed by atoms with Crippen molar-refractivity contribution in [3.63, 3.8) is 0 Å². The Hall–Kier alpha value is -1.63. The van der Waals surface area contributed by atoms with Crippen LogP contribution in [0, 0.1) is 11.8 Å². The molecule has 3 atom stereocenters. The Morgan fingerprint density at radius 1 is 0.900 bits per heavy atom. The Morgan fingerprint density at radius 2 is 1.40 bits per heavy atom. The van der Waals surface area contributed by atoms with Gasteiger partial charge in [0.2, 0.25) is 11.8 Å². The Bertz CT molecular complexity index is 369. The molecule has 0 rings (SSSR count). The van der Waals surface area contributed by atoms with Crippen molar-refractivity contribution in [3.05, 3.63) is 0 Å². The molecule has 7 nitrogen and oxygen atoms in total. The molecule has 0 fully saturated rings. The molecule has 0 aliphatic carbocycles. The third-order valence-corrected chi connectivity index (χ3v) is 3.00. The Labute approximate surface area is 119 Å². The molecule has 3 unspecified atom stereocenters. The second kappa shape index (κ2) is 7.84. The molecule has 20 heavy (non-hydrogen) atoms. The van der Waals surface area contributed by atoms with Crippen LogP contribution >= 0.6 is 0 Å². The van der Waals surface area contributed by atoms with Crippen molar-refractivity contribution in [2.24, 2.45) is 17.6 Å². The van der Waals surface area contributed by atoms with Gasteiger partial charge in [0.1, 0.15) is 12.1 Å². The largest absolute Gasteiger partial charge is 0.480 e. The SMILES string of the molecule is CC(NC(=O)C(N)C(C)C)C(=O)NC(C(=O)O)C(C)C. The van der Waals surface area contributed by atoms with Crippen LogP contribution in [0.3, 0.4) is 0 Å². The minimum atomic E-state index is -1.11. The molecule has 0 spiro atoms. The summed E-state index contributed by atoms with van der Waals surface area (Å²) in [7, 11) is 0. The summed E-state index contributed by atoms with van der Waals surface area (Å²) in [6, 6.07) is -2.53. The number of hydrogen-bond donors (Lipinski definition) is 4. The van der Waals surface area contributed by atoms with Gasteiger partial charge in [-0.1, -0.05) is 27.7 Å². The number of carbonyl (C=O) groups excluding carboxylic acids is 2. The highest BCUT2D eigenvalue weighted by Gasteiger charge is 2.27. The number of amides is 2. The first-order valence-corrected chi connectivity index (χ1v) is 6.67. The fourth-order valence-corrected chi connectivity index (χ4v) is 1.47. The van der Waals surface area contributed by atoms with Crippen molar-refractivity contribution < 1.29 is 19.5 Å². The summed E-state index contributed by atoms with van der Waals surface area (Å²) in [5.41, 5.74) is 5.67. The normalized spacial score (nSPS) is 15.6. The summed E-state index contributed by atoms with van der Waals surface area (Å²) < 4.78 is 0. The second-order valence-corrected chi connectivity index (χ2v) is 5.57. The predicted octanol–water partition coefficient (Wildman–Crippen LogP) is -0.300. The minimum Gasteiger partial charge on any atom is -0.480 e. The van der Waals surface area contributed by atoms with Gasteiger partial charge in [0, 0.05) is 0 Å². The summed E-state index contributed by atoms with van der Waals surface area (Å²) >= 11 is 0. The van der Waals surface area contributed by atoms with Gasteiger partial charge in [-0.3, -0.25) is 9.59 Å². The van der Waals surface area contributed by atoms with Crippen LogP contribution in [0.25, 0.3) is 0 Å². The smallest absolute Gasteiger partial charge is 0.326 e. The monoisotopic (exact) mass is 287 g/mol. The van der Waals surface area contributed by atoms with Crippen molar-refractivity contribution in [3.8, 4) is 0 Å². The molecule has 2 amide bonds. The topological polar surface area (TPSA) is 122 Å². The molecule has 0 aliphatic rings. The number of carbonyl (C=O) groups is 3. The molecule has 0 aliphatic heterocycles. The number of nitrogens with one attached hydrogen (secondary N) is 2. The van der Waals surface area contributed by atoms with Crippen molar-refractivity contribution in [2.75, 3.05) is 0 Å². The van der Waals surface area contributed by atoms with E-state index >= 15 is 0 Å². The van der Waals surface area contributed by atoms with E-state index in [4.69, 9.17) is 10.8 Å². The minimum absolute atomic E-state index is 0.0484. The van der Waals surface area contributed by atoms with E-state index in [2.05, 4.69) is 10.6 Å². The lowest BCUT2D eigenvalue weighted by Crippen LogP contribution is -2.55. The summed E-state index contributed by atoms with van der Waals surface area (Å²) in [5.74, 6) is -2.38. The number of aliphatic carboxylic acids is 1. The fourth-order valence-electron chi connectivity index (χ4n) is 1.47. The van der Waals surface area contributed by atoms with Gasteiger partial charge in [0.05, 0.1) is 6.04 Å². The van der Waals surface area contributed by atoms with E-state index in [1.807, 2.05) is 0 Å². The lowest BCUT2D eigenvalue weighted by Gasteiger charge is -2.22. The van der Waals surface area contributed by atoms with Crippen LogP contribution in [0.1, 0.15) is 34.6 Å². The molecule has 0 saturated heterocycles. The van der Waals surface area contributed by atoms with Gasteiger partial charge in [0.25, 0.3) is 0 Å². The predicted molar refractivity (Wildman–Crippen MR) is 74.8 cm³/mol. The van der Waals surface area contributed by atoms with Crippen molar-refractivity contribution >= 4 is 17.8 Å². The van der Waals surface area contributed by atoms with Gasteiger partial charge >= 0.3 is 5.97 Å². The van der Waals surface area contributed by atoms with Crippen LogP contribution in [0.4, 0.5) is 0 Å². The standard InChI is InChI=1S/C13H25N3O4/c1-6(2)9(14)12(18)15-8(5)11(17)16-10(7(3)4)13(19)20/h6-10H,14H2,1-5H3,(H,15,18)(H,16,17)(H,19,20). The van der Waals surface area contributed by atoms with Crippen molar-refractivity contribution in [1.29, 1.82) is 0 Å². The number of hydrogen-bond acceptors (Lipinski definition) is 4. The molecule has 0 radical (unpaired) electrons. The molecule has 5 N–H and O–H groups in total. The highest BCUT2D eigenvalue weighted by Crippen LogP contribution is 2.03. The summed E-state index contributed by atoms with van der Waals surface area (Å²) in [5, 5.41) is 13.9. The molecule has 7 heteroatoms. The van der Waals surface area contributed by atoms with Gasteiger partial charge in [-0.05, 0) is 18.8 Å². The van der Waals surface area contributed by atoms with Gasteiger partial charge in [-0.15, -0.1) is 0 Å². The van der Waals surface area contributed by atoms with E-state index in [1.54, 1.807) is 27.7 Å². The van der Waals surface area contributed by atoms with Crippen LogP contribution in [-0.4, -0.2) is 41.0 Å². The average Bonchev–Trinajstić information content (AvgIpc) is 2.33. The highest BCUT2D eigenvalue weighted by atomic mass is 16.4. The molecule has 0 aromatic heterocycles. The van der Waals surface area contributed by atoms with Crippen LogP contribution in [0.2, 0.25) is 0 Å². The third kappa shape index (κ3) is 5.56. The van der Waals surface area contributed by atoms with Crippen LogP contribution in [0.15, 0.2) is 0 Å². The summed E-state index contributed by atoms with van der Waals surface area (Å²) in [4.78, 5) is 34.6. The second-order valence-electron chi connectivity index (χ2n) is 5.57. The number of carboxylic acid groups (broad SMARTS) is 1. The molecular weight excluding hydrogens is 262 g/mol. The van der Waals surface area contributed by atoms with E-state index < -0.39 is 35.9 Å². The van der Waals surface area contributed by atoms with Crippen LogP contribution < -0.4 is 16.4 Å². The molecule has 0 saturated carbocycles. The zero-order chi connectivity index (χ0) is 16.0. The lowest BCUT2D eigenvalue weighted by atomic mass is 10.0. The van der Waals surface area contributed by atoms with Gasteiger partial charge in [-0.25, -0.2) is 4.79 Å². The zero-order valence-electron chi connectivity index (χ0n) is 12.6. The molecule has 0 aromatic rings. The van der Waals surface area contributed by atoms with Crippen LogP contribution in [-0.2, 0) is 14.4 Å². The summed E-state index contributed by atoms with van der Waals surface area (Å²) in [6.45, 7) is 8.47. The van der Waals surface area contributed by atoms with Crippen molar-refractivity contribution in [2.45, 2.75) is 52.7 Å². The van der Waals surface area contributed by atoms with Gasteiger partial charge < -0.3 is 21.5 Å². The molecule has 0 aromatic carbocycles. The fraction of sp³-hybridized carbons (Fsp3) is 0.769. The van der Waals surface area contributed by atoms with E-state index in [-0.39, 0.29) is 11.8 Å². The van der Waals surface area contributed by atoms with E-state index in [1.165, 1.54) is 6.92 Å². The van der Waals surface area contributed by atoms with Crippen molar-refractivity contribution in [1.82, 2.24) is 10.6 Å². The first-order valence-electron chi connectivity index (χ1n) is 6.67. The molecule has 0 heterocycles. The summed E-state index contributed by atoms with van der Waals surface area (Å²) in [6.07, 6.45) is 0. The maximum absolute atomic E-state index is 11.9. The number of rotatable bonds is 7. The average molecular weight is 287 g/mol. The number of nitrogens with two attached hydrogens (primary N) is 1. The van der Waals surface area contributed by atoms with Crippen LogP contribution in [0.5, 0.6) is 0 Å².